The Hall–Kier alpha value is -0.570. The summed E-state index contributed by atoms with van der Waals surface area (Å²) in [6.45, 7) is 0.765. The Bertz CT molecular complexity index is 176. The highest BCUT2D eigenvalue weighted by Crippen LogP contribution is 2.28. The van der Waals surface area contributed by atoms with Crippen LogP contribution in [0.4, 0.5) is 0 Å². The molecule has 0 atom stereocenters. The summed E-state index contributed by atoms with van der Waals surface area (Å²) < 4.78 is 0. The molecule has 1 saturated carbocycles. The van der Waals surface area contributed by atoms with E-state index < -0.39 is 0 Å². The average Bonchev–Trinajstić information content (AvgIpc) is 2.71. The highest BCUT2D eigenvalue weighted by Gasteiger charge is 2.14. The van der Waals surface area contributed by atoms with Gasteiger partial charge in [-0.15, -0.1) is 0 Å². The van der Waals surface area contributed by atoms with E-state index in [0.29, 0.717) is 19.4 Å². The summed E-state index contributed by atoms with van der Waals surface area (Å²) in [4.78, 5) is 11.3. The SMILES string of the molecule is O=C(CCCC1CCCC1)NCCCO. The van der Waals surface area contributed by atoms with Crippen molar-refractivity contribution >= 4 is 5.91 Å². The van der Waals surface area contributed by atoms with E-state index in [1.54, 1.807) is 0 Å². The fourth-order valence-corrected chi connectivity index (χ4v) is 2.25. The second kappa shape index (κ2) is 7.69. The number of hydrogen-bond donors (Lipinski definition) is 2. The Morgan fingerprint density at radius 3 is 2.67 bits per heavy atom. The molecular weight excluding hydrogens is 190 g/mol. The Kier molecular flexibility index (Phi) is 6.41. The Morgan fingerprint density at radius 2 is 2.00 bits per heavy atom. The third-order valence-electron chi connectivity index (χ3n) is 3.15. The third-order valence-corrected chi connectivity index (χ3v) is 3.15. The van der Waals surface area contributed by atoms with Gasteiger partial charge in [-0.2, -0.15) is 0 Å². The topological polar surface area (TPSA) is 49.3 Å². The summed E-state index contributed by atoms with van der Waals surface area (Å²) in [6.07, 6.45) is 9.05. The van der Waals surface area contributed by atoms with Gasteiger partial charge in [0.15, 0.2) is 0 Å². The predicted molar refractivity (Wildman–Crippen MR) is 60.5 cm³/mol. The maximum Gasteiger partial charge on any atom is 0.219 e. The van der Waals surface area contributed by atoms with Gasteiger partial charge in [-0.05, 0) is 25.2 Å². The van der Waals surface area contributed by atoms with Crippen LogP contribution in [0.5, 0.6) is 0 Å². The normalized spacial score (nSPS) is 16.9. The van der Waals surface area contributed by atoms with Crippen LogP contribution in [0.3, 0.4) is 0 Å². The van der Waals surface area contributed by atoms with E-state index in [1.807, 2.05) is 0 Å². The van der Waals surface area contributed by atoms with Crippen molar-refractivity contribution in [3.05, 3.63) is 0 Å². The molecule has 1 aliphatic rings. The van der Waals surface area contributed by atoms with Crippen LogP contribution >= 0.6 is 0 Å². The Balaban J connectivity index is 1.91. The molecule has 1 amide bonds. The fourth-order valence-electron chi connectivity index (χ4n) is 2.25. The smallest absolute Gasteiger partial charge is 0.219 e. The molecule has 3 heteroatoms. The number of amides is 1. The number of aliphatic hydroxyl groups is 1. The molecule has 1 rings (SSSR count). The van der Waals surface area contributed by atoms with Crippen LogP contribution in [0.2, 0.25) is 0 Å². The van der Waals surface area contributed by atoms with E-state index in [-0.39, 0.29) is 12.5 Å². The number of carbonyl (C=O) groups is 1. The zero-order chi connectivity index (χ0) is 10.9. The van der Waals surface area contributed by atoms with Gasteiger partial charge in [-0.25, -0.2) is 0 Å². The third kappa shape index (κ3) is 5.78. The molecule has 88 valence electrons. The van der Waals surface area contributed by atoms with Crippen LogP contribution in [0, 0.1) is 5.92 Å². The van der Waals surface area contributed by atoms with Crippen molar-refractivity contribution < 1.29 is 9.90 Å². The zero-order valence-electron chi connectivity index (χ0n) is 9.50. The van der Waals surface area contributed by atoms with E-state index in [4.69, 9.17) is 5.11 Å². The molecule has 3 nitrogen and oxygen atoms in total. The first-order valence-corrected chi connectivity index (χ1v) is 6.20. The average molecular weight is 213 g/mol. The molecule has 0 spiro atoms. The molecule has 0 aromatic heterocycles. The van der Waals surface area contributed by atoms with Crippen LogP contribution in [0.25, 0.3) is 0 Å². The van der Waals surface area contributed by atoms with Crippen LogP contribution in [0.1, 0.15) is 51.4 Å². The van der Waals surface area contributed by atoms with Crippen molar-refractivity contribution in [1.29, 1.82) is 0 Å². The van der Waals surface area contributed by atoms with Crippen molar-refractivity contribution in [3.8, 4) is 0 Å². The number of aliphatic hydroxyl groups excluding tert-OH is 1. The molecule has 1 fully saturated rings. The van der Waals surface area contributed by atoms with Crippen molar-refractivity contribution in [2.24, 2.45) is 5.92 Å². The molecule has 0 unspecified atom stereocenters. The van der Waals surface area contributed by atoms with Gasteiger partial charge in [0.25, 0.3) is 0 Å². The standard InChI is InChI=1S/C12H23NO2/c14-10-4-9-13-12(15)8-3-7-11-5-1-2-6-11/h11,14H,1-10H2,(H,13,15). The zero-order valence-corrected chi connectivity index (χ0v) is 9.50. The number of carbonyl (C=O) groups excluding carboxylic acids is 1. The van der Waals surface area contributed by atoms with E-state index in [0.717, 1.165) is 12.3 Å². The van der Waals surface area contributed by atoms with Crippen LogP contribution in [-0.4, -0.2) is 24.2 Å². The molecule has 2 N–H and O–H groups in total. The van der Waals surface area contributed by atoms with Gasteiger partial charge in [-0.1, -0.05) is 25.7 Å². The highest BCUT2D eigenvalue weighted by atomic mass is 16.3. The molecule has 0 saturated heterocycles. The minimum atomic E-state index is 0.140. The largest absolute Gasteiger partial charge is 0.396 e. The van der Waals surface area contributed by atoms with Gasteiger partial charge < -0.3 is 10.4 Å². The summed E-state index contributed by atoms with van der Waals surface area (Å²) in [7, 11) is 0. The van der Waals surface area contributed by atoms with Crippen LogP contribution in [0.15, 0.2) is 0 Å². The van der Waals surface area contributed by atoms with E-state index >= 15 is 0 Å². The first kappa shape index (κ1) is 12.5. The molecule has 0 heterocycles. The van der Waals surface area contributed by atoms with Gasteiger partial charge >= 0.3 is 0 Å². The second-order valence-electron chi connectivity index (χ2n) is 4.47. The summed E-state index contributed by atoms with van der Waals surface area (Å²) >= 11 is 0. The monoisotopic (exact) mass is 213 g/mol. The fraction of sp³-hybridized carbons (Fsp3) is 0.917. The van der Waals surface area contributed by atoms with E-state index in [1.165, 1.54) is 32.1 Å². The van der Waals surface area contributed by atoms with Gasteiger partial charge in [-0.3, -0.25) is 4.79 Å². The van der Waals surface area contributed by atoms with Gasteiger partial charge in [0.2, 0.25) is 5.91 Å². The lowest BCUT2D eigenvalue weighted by molar-refractivity contribution is -0.121. The first-order valence-electron chi connectivity index (χ1n) is 6.20. The summed E-state index contributed by atoms with van der Waals surface area (Å²) in [6, 6.07) is 0. The minimum absolute atomic E-state index is 0.140. The molecule has 1 aliphatic carbocycles. The number of nitrogens with one attached hydrogen (secondary N) is 1. The molecular formula is C12H23NO2. The Morgan fingerprint density at radius 1 is 1.27 bits per heavy atom. The number of hydrogen-bond acceptors (Lipinski definition) is 2. The van der Waals surface area contributed by atoms with Crippen molar-refractivity contribution in [2.45, 2.75) is 51.4 Å². The molecule has 0 bridgehead atoms. The summed E-state index contributed by atoms with van der Waals surface area (Å²) in [5.74, 6) is 1.02. The van der Waals surface area contributed by atoms with Gasteiger partial charge in [0.1, 0.15) is 0 Å². The van der Waals surface area contributed by atoms with E-state index in [2.05, 4.69) is 5.32 Å². The van der Waals surface area contributed by atoms with Gasteiger partial charge in [0.05, 0.1) is 0 Å². The summed E-state index contributed by atoms with van der Waals surface area (Å²) in [5.41, 5.74) is 0. The lowest BCUT2D eigenvalue weighted by Gasteiger charge is -2.08. The number of rotatable bonds is 7. The Labute approximate surface area is 92.3 Å². The lowest BCUT2D eigenvalue weighted by atomic mass is 10.0. The van der Waals surface area contributed by atoms with Crippen molar-refractivity contribution in [1.82, 2.24) is 5.32 Å². The minimum Gasteiger partial charge on any atom is -0.396 e. The second-order valence-corrected chi connectivity index (χ2v) is 4.47. The van der Waals surface area contributed by atoms with Crippen LogP contribution < -0.4 is 5.32 Å². The van der Waals surface area contributed by atoms with Crippen molar-refractivity contribution in [2.75, 3.05) is 13.2 Å². The maximum absolute atomic E-state index is 11.3. The van der Waals surface area contributed by atoms with Gasteiger partial charge in [0, 0.05) is 19.6 Å². The van der Waals surface area contributed by atoms with Crippen LogP contribution in [-0.2, 0) is 4.79 Å². The molecule has 0 aliphatic heterocycles. The molecule has 15 heavy (non-hydrogen) atoms. The summed E-state index contributed by atoms with van der Waals surface area (Å²) in [5, 5.41) is 11.4. The molecule has 0 aromatic carbocycles. The highest BCUT2D eigenvalue weighted by molar-refractivity contribution is 5.75. The lowest BCUT2D eigenvalue weighted by Crippen LogP contribution is -2.24. The molecule has 0 aromatic rings. The first-order chi connectivity index (χ1) is 7.33. The van der Waals surface area contributed by atoms with Crippen molar-refractivity contribution in [3.63, 3.8) is 0 Å². The quantitative estimate of drug-likeness (QED) is 0.634. The molecule has 0 radical (unpaired) electrons. The van der Waals surface area contributed by atoms with E-state index in [9.17, 15) is 4.79 Å². The maximum atomic E-state index is 11.3. The predicted octanol–water partition coefficient (Wildman–Crippen LogP) is 1.85.